The van der Waals surface area contributed by atoms with Crippen LogP contribution in [0.5, 0.6) is 17.2 Å². The Bertz CT molecular complexity index is 1740. The maximum atomic E-state index is 13.7. The molecule has 0 atom stereocenters. The van der Waals surface area contributed by atoms with Gasteiger partial charge in [0.05, 0.1) is 6.61 Å². The van der Waals surface area contributed by atoms with Gasteiger partial charge in [0, 0.05) is 41.7 Å². The second kappa shape index (κ2) is 14.3. The largest absolute Gasteiger partial charge is 0.494 e. The van der Waals surface area contributed by atoms with Crippen LogP contribution >= 0.6 is 11.6 Å². The van der Waals surface area contributed by atoms with E-state index in [2.05, 4.69) is 17.4 Å². The van der Waals surface area contributed by atoms with Crippen LogP contribution in [0.15, 0.2) is 96.6 Å². The normalized spacial score (nSPS) is 14.6. The van der Waals surface area contributed by atoms with Crippen LogP contribution in [0.3, 0.4) is 0 Å². The molecule has 1 aliphatic carbocycles. The van der Waals surface area contributed by atoms with Gasteiger partial charge in [0.15, 0.2) is 0 Å². The molecule has 4 aromatic carbocycles. The summed E-state index contributed by atoms with van der Waals surface area (Å²) >= 11 is 6.31. The Labute approximate surface area is 276 Å². The van der Waals surface area contributed by atoms with Crippen LogP contribution in [-0.2, 0) is 11.2 Å². The number of rotatable bonds is 10. The van der Waals surface area contributed by atoms with Crippen molar-refractivity contribution in [2.75, 3.05) is 19.7 Å². The topological polar surface area (TPSA) is 67.9 Å². The van der Waals surface area contributed by atoms with Crippen LogP contribution in [-0.4, -0.2) is 42.5 Å². The third-order valence-corrected chi connectivity index (χ3v) is 9.37. The zero-order valence-corrected chi connectivity index (χ0v) is 27.1. The van der Waals surface area contributed by atoms with E-state index in [0.29, 0.717) is 50.3 Å². The number of amides is 2. The van der Waals surface area contributed by atoms with Gasteiger partial charge >= 0.3 is 0 Å². The number of piperidine rings is 1. The number of aryl methyl sites for hydroxylation is 2. The molecule has 1 N–H and O–H groups in total. The standard InChI is InChI=1S/C39H39ClN2O4/c1-26-22-33(23-27(2)37(26)40)45-21-9-16-35-34-15-7-6-10-28(34)25-36(35)38(43)41-30-17-19-42(20-18-30)39(44)29-11-8-14-32(24-29)46-31-12-4-3-5-13-31/h3-8,10-15,22-24,30H,9,16-21,25H2,1-2H3,(H,41,43). The van der Waals surface area contributed by atoms with Gasteiger partial charge in [-0.3, -0.25) is 9.59 Å². The van der Waals surface area contributed by atoms with E-state index in [1.54, 1.807) is 6.07 Å². The number of ether oxygens (including phenoxy) is 2. The van der Waals surface area contributed by atoms with Gasteiger partial charge in [0.25, 0.3) is 5.91 Å². The fraction of sp³-hybridized carbons (Fsp3) is 0.282. The molecule has 1 aliphatic heterocycles. The molecular formula is C39H39ClN2O4. The summed E-state index contributed by atoms with van der Waals surface area (Å²) in [5.41, 5.74) is 6.89. The SMILES string of the molecule is Cc1cc(OCCCC2=C(C(=O)NC3CCN(C(=O)c4cccc(Oc5ccccc5)c4)CC3)Cc3ccccc32)cc(C)c1Cl. The zero-order chi connectivity index (χ0) is 32.0. The first-order chi connectivity index (χ1) is 22.4. The summed E-state index contributed by atoms with van der Waals surface area (Å²) in [5.74, 6) is 2.14. The summed E-state index contributed by atoms with van der Waals surface area (Å²) in [6.45, 7) is 5.68. The summed E-state index contributed by atoms with van der Waals surface area (Å²) in [4.78, 5) is 28.9. The van der Waals surface area contributed by atoms with E-state index in [0.717, 1.165) is 57.2 Å². The number of hydrogen-bond acceptors (Lipinski definition) is 4. The summed E-state index contributed by atoms with van der Waals surface area (Å²) < 4.78 is 12.0. The first-order valence-corrected chi connectivity index (χ1v) is 16.4. The molecule has 1 saturated heterocycles. The van der Waals surface area contributed by atoms with Crippen LogP contribution in [0, 0.1) is 13.8 Å². The van der Waals surface area contributed by atoms with Crippen LogP contribution in [0.1, 0.15) is 58.3 Å². The van der Waals surface area contributed by atoms with Gasteiger partial charge in [-0.15, -0.1) is 0 Å². The van der Waals surface area contributed by atoms with E-state index in [4.69, 9.17) is 21.1 Å². The lowest BCUT2D eigenvalue weighted by atomic mass is 9.99. The van der Waals surface area contributed by atoms with Crippen molar-refractivity contribution in [2.24, 2.45) is 0 Å². The third kappa shape index (κ3) is 7.29. The monoisotopic (exact) mass is 634 g/mol. The molecule has 0 unspecified atom stereocenters. The highest BCUT2D eigenvalue weighted by molar-refractivity contribution is 6.32. The Kier molecular flexibility index (Phi) is 9.74. The Morgan fingerprint density at radius 2 is 1.54 bits per heavy atom. The number of para-hydroxylation sites is 1. The van der Waals surface area contributed by atoms with Crippen molar-refractivity contribution in [2.45, 2.75) is 52.0 Å². The van der Waals surface area contributed by atoms with E-state index in [1.807, 2.05) is 91.5 Å². The van der Waals surface area contributed by atoms with Gasteiger partial charge in [-0.1, -0.05) is 60.1 Å². The van der Waals surface area contributed by atoms with E-state index in [-0.39, 0.29) is 17.9 Å². The first kappa shape index (κ1) is 31.4. The summed E-state index contributed by atoms with van der Waals surface area (Å²) in [5, 5.41) is 4.07. The highest BCUT2D eigenvalue weighted by Gasteiger charge is 2.29. The van der Waals surface area contributed by atoms with Crippen molar-refractivity contribution in [3.8, 4) is 17.2 Å². The molecule has 46 heavy (non-hydrogen) atoms. The number of likely N-dealkylation sites (tertiary alicyclic amines) is 1. The molecule has 7 heteroatoms. The minimum atomic E-state index is -0.0225. The fourth-order valence-electron chi connectivity index (χ4n) is 6.36. The maximum absolute atomic E-state index is 13.7. The number of carbonyl (C=O) groups is 2. The quantitative estimate of drug-likeness (QED) is 0.178. The molecule has 0 saturated carbocycles. The summed E-state index contributed by atoms with van der Waals surface area (Å²) in [6, 6.07) is 29.1. The highest BCUT2D eigenvalue weighted by Crippen LogP contribution is 2.36. The van der Waals surface area contributed by atoms with Crippen LogP contribution in [0.25, 0.3) is 5.57 Å². The number of halogens is 1. The predicted octanol–water partition coefficient (Wildman–Crippen LogP) is 8.34. The van der Waals surface area contributed by atoms with Crippen molar-refractivity contribution in [3.63, 3.8) is 0 Å². The number of nitrogens with zero attached hydrogens (tertiary/aromatic N) is 1. The van der Waals surface area contributed by atoms with Gasteiger partial charge in [-0.2, -0.15) is 0 Å². The molecule has 2 amide bonds. The molecular weight excluding hydrogens is 596 g/mol. The second-order valence-electron chi connectivity index (χ2n) is 12.1. The Morgan fingerprint density at radius 1 is 0.848 bits per heavy atom. The summed E-state index contributed by atoms with van der Waals surface area (Å²) in [6.07, 6.45) is 3.60. The molecule has 4 aromatic rings. The fourth-order valence-corrected chi connectivity index (χ4v) is 6.47. The minimum Gasteiger partial charge on any atom is -0.494 e. The van der Waals surface area contributed by atoms with Crippen molar-refractivity contribution < 1.29 is 19.1 Å². The molecule has 0 radical (unpaired) electrons. The molecule has 0 aromatic heterocycles. The van der Waals surface area contributed by atoms with E-state index < -0.39 is 0 Å². The lowest BCUT2D eigenvalue weighted by molar-refractivity contribution is -0.118. The molecule has 1 fully saturated rings. The van der Waals surface area contributed by atoms with Crippen LogP contribution in [0.4, 0.5) is 0 Å². The van der Waals surface area contributed by atoms with Gasteiger partial charge in [-0.05, 0) is 110 Å². The van der Waals surface area contributed by atoms with Gasteiger partial charge < -0.3 is 19.7 Å². The molecule has 0 bridgehead atoms. The average molecular weight is 635 g/mol. The lowest BCUT2D eigenvalue weighted by Gasteiger charge is -2.32. The van der Waals surface area contributed by atoms with Gasteiger partial charge in [0.1, 0.15) is 17.2 Å². The van der Waals surface area contributed by atoms with E-state index in [9.17, 15) is 9.59 Å². The number of fused-ring (bicyclic) bond motifs is 1. The molecule has 6 nitrogen and oxygen atoms in total. The average Bonchev–Trinajstić information content (AvgIpc) is 3.45. The van der Waals surface area contributed by atoms with Crippen LogP contribution in [0.2, 0.25) is 5.02 Å². The second-order valence-corrected chi connectivity index (χ2v) is 12.5. The third-order valence-electron chi connectivity index (χ3n) is 8.78. The zero-order valence-electron chi connectivity index (χ0n) is 26.4. The summed E-state index contributed by atoms with van der Waals surface area (Å²) in [7, 11) is 0. The maximum Gasteiger partial charge on any atom is 0.253 e. The predicted molar refractivity (Wildman–Crippen MR) is 183 cm³/mol. The molecule has 1 heterocycles. The Morgan fingerprint density at radius 3 is 2.30 bits per heavy atom. The van der Waals surface area contributed by atoms with Crippen molar-refractivity contribution in [3.05, 3.63) is 129 Å². The number of carbonyl (C=O) groups excluding carboxylic acids is 2. The van der Waals surface area contributed by atoms with Crippen LogP contribution < -0.4 is 14.8 Å². The van der Waals surface area contributed by atoms with Crippen molar-refractivity contribution in [1.29, 1.82) is 0 Å². The number of nitrogens with one attached hydrogen (secondary N) is 1. The van der Waals surface area contributed by atoms with Crippen molar-refractivity contribution >= 4 is 29.0 Å². The van der Waals surface area contributed by atoms with E-state index in [1.165, 1.54) is 5.56 Å². The smallest absolute Gasteiger partial charge is 0.253 e. The number of allylic oxidation sites excluding steroid dienone is 1. The number of benzene rings is 4. The van der Waals surface area contributed by atoms with Crippen molar-refractivity contribution in [1.82, 2.24) is 10.2 Å². The Hall–Kier alpha value is -4.55. The number of hydrogen-bond donors (Lipinski definition) is 1. The molecule has 2 aliphatic rings. The Balaban J connectivity index is 1.04. The molecule has 236 valence electrons. The van der Waals surface area contributed by atoms with Gasteiger partial charge in [0.2, 0.25) is 5.91 Å². The lowest BCUT2D eigenvalue weighted by Crippen LogP contribution is -2.47. The molecule has 0 spiro atoms. The van der Waals surface area contributed by atoms with E-state index >= 15 is 0 Å². The first-order valence-electron chi connectivity index (χ1n) is 16.0. The van der Waals surface area contributed by atoms with Gasteiger partial charge in [-0.25, -0.2) is 0 Å². The minimum absolute atomic E-state index is 0.00777. The molecule has 6 rings (SSSR count). The highest BCUT2D eigenvalue weighted by atomic mass is 35.5.